The SMILES string of the molecule is CC.CC(C)Oc1cc(Cl)cc2nc(N3CCNCC3)oc12. The van der Waals surface area contributed by atoms with E-state index in [0.29, 0.717) is 22.4 Å². The van der Waals surface area contributed by atoms with Crippen LogP contribution in [-0.4, -0.2) is 37.3 Å². The lowest BCUT2D eigenvalue weighted by Gasteiger charge is -2.25. The molecule has 1 N–H and O–H groups in total. The molecule has 2 aromatic rings. The number of aromatic nitrogens is 1. The van der Waals surface area contributed by atoms with Crippen LogP contribution in [0.4, 0.5) is 6.01 Å². The number of nitrogens with one attached hydrogen (secondary N) is 1. The van der Waals surface area contributed by atoms with E-state index in [0.717, 1.165) is 31.7 Å². The lowest BCUT2D eigenvalue weighted by molar-refractivity contribution is 0.242. The molecule has 1 aromatic carbocycles. The van der Waals surface area contributed by atoms with Crippen molar-refractivity contribution in [2.45, 2.75) is 33.8 Å². The first-order valence-electron chi connectivity index (χ1n) is 7.86. The Hall–Kier alpha value is -1.46. The van der Waals surface area contributed by atoms with Crippen LogP contribution in [0.15, 0.2) is 16.5 Å². The van der Waals surface area contributed by atoms with E-state index >= 15 is 0 Å². The number of anilines is 1. The Labute approximate surface area is 136 Å². The van der Waals surface area contributed by atoms with Crippen LogP contribution in [0.2, 0.25) is 5.02 Å². The van der Waals surface area contributed by atoms with Crippen molar-refractivity contribution in [2.75, 3.05) is 31.1 Å². The van der Waals surface area contributed by atoms with Crippen LogP contribution >= 0.6 is 11.6 Å². The summed E-state index contributed by atoms with van der Waals surface area (Å²) in [5, 5.41) is 3.91. The highest BCUT2D eigenvalue weighted by molar-refractivity contribution is 6.31. The van der Waals surface area contributed by atoms with Crippen molar-refractivity contribution in [3.05, 3.63) is 17.2 Å². The van der Waals surface area contributed by atoms with Crippen LogP contribution in [0.5, 0.6) is 5.75 Å². The number of hydrogen-bond acceptors (Lipinski definition) is 5. The molecule has 1 fully saturated rings. The standard InChI is InChI=1S/C14H18ClN3O2.C2H6/c1-9(2)19-12-8-10(15)7-11-13(12)20-14(17-11)18-5-3-16-4-6-18;1-2/h7-9,16H,3-6H2,1-2H3;1-2H3. The van der Waals surface area contributed by atoms with Crippen molar-refractivity contribution in [1.82, 2.24) is 10.3 Å². The summed E-state index contributed by atoms with van der Waals surface area (Å²) in [6, 6.07) is 4.22. The smallest absolute Gasteiger partial charge is 0.298 e. The minimum atomic E-state index is 0.0596. The summed E-state index contributed by atoms with van der Waals surface area (Å²) >= 11 is 6.12. The molecule has 0 unspecified atom stereocenters. The van der Waals surface area contributed by atoms with Gasteiger partial charge in [-0.2, -0.15) is 4.98 Å². The number of ether oxygens (including phenoxy) is 1. The Morgan fingerprint density at radius 1 is 1.27 bits per heavy atom. The molecule has 0 radical (unpaired) electrons. The Morgan fingerprint density at radius 2 is 1.95 bits per heavy atom. The Kier molecular flexibility index (Phi) is 5.91. The average Bonchev–Trinajstić information content (AvgIpc) is 2.93. The van der Waals surface area contributed by atoms with Crippen LogP contribution < -0.4 is 15.0 Å². The molecular formula is C16H24ClN3O2. The van der Waals surface area contributed by atoms with Crippen molar-refractivity contribution < 1.29 is 9.15 Å². The summed E-state index contributed by atoms with van der Waals surface area (Å²) in [5.74, 6) is 0.649. The summed E-state index contributed by atoms with van der Waals surface area (Å²) in [4.78, 5) is 6.66. The molecule has 0 spiro atoms. The molecule has 3 rings (SSSR count). The number of piperazine rings is 1. The zero-order valence-corrected chi connectivity index (χ0v) is 14.4. The summed E-state index contributed by atoms with van der Waals surface area (Å²) in [7, 11) is 0. The van der Waals surface area contributed by atoms with Gasteiger partial charge in [0.25, 0.3) is 6.01 Å². The number of halogens is 1. The van der Waals surface area contributed by atoms with Gasteiger partial charge in [0.15, 0.2) is 11.3 Å². The number of oxazole rings is 1. The third kappa shape index (κ3) is 3.84. The van der Waals surface area contributed by atoms with E-state index < -0.39 is 0 Å². The summed E-state index contributed by atoms with van der Waals surface area (Å²) in [5.41, 5.74) is 1.40. The van der Waals surface area contributed by atoms with E-state index in [1.807, 2.05) is 27.7 Å². The molecular weight excluding hydrogens is 302 g/mol. The molecule has 5 nitrogen and oxygen atoms in total. The molecule has 1 aromatic heterocycles. The zero-order valence-electron chi connectivity index (χ0n) is 13.6. The minimum absolute atomic E-state index is 0.0596. The van der Waals surface area contributed by atoms with Crippen molar-refractivity contribution in [1.29, 1.82) is 0 Å². The fourth-order valence-corrected chi connectivity index (χ4v) is 2.49. The maximum atomic E-state index is 6.12. The van der Waals surface area contributed by atoms with Gasteiger partial charge in [-0.05, 0) is 19.9 Å². The lowest BCUT2D eigenvalue weighted by Crippen LogP contribution is -2.43. The van der Waals surface area contributed by atoms with E-state index in [-0.39, 0.29) is 6.10 Å². The van der Waals surface area contributed by atoms with Gasteiger partial charge in [-0.1, -0.05) is 25.4 Å². The number of fused-ring (bicyclic) bond motifs is 1. The Bertz CT molecular complexity index is 607. The molecule has 2 heterocycles. The van der Waals surface area contributed by atoms with E-state index in [2.05, 4.69) is 15.2 Å². The maximum absolute atomic E-state index is 6.12. The monoisotopic (exact) mass is 325 g/mol. The second kappa shape index (κ2) is 7.70. The first-order valence-corrected chi connectivity index (χ1v) is 8.23. The van der Waals surface area contributed by atoms with Crippen LogP contribution in [0.1, 0.15) is 27.7 Å². The van der Waals surface area contributed by atoms with Crippen molar-refractivity contribution in [3.63, 3.8) is 0 Å². The quantitative estimate of drug-likeness (QED) is 0.932. The van der Waals surface area contributed by atoms with E-state index in [9.17, 15) is 0 Å². The molecule has 122 valence electrons. The van der Waals surface area contributed by atoms with Gasteiger partial charge in [0, 0.05) is 37.3 Å². The van der Waals surface area contributed by atoms with Gasteiger partial charge in [0.2, 0.25) is 0 Å². The van der Waals surface area contributed by atoms with Gasteiger partial charge in [0.1, 0.15) is 5.52 Å². The van der Waals surface area contributed by atoms with Crippen molar-refractivity contribution in [3.8, 4) is 5.75 Å². The normalized spacial score (nSPS) is 14.9. The Balaban J connectivity index is 0.000000847. The van der Waals surface area contributed by atoms with Crippen LogP contribution in [0.25, 0.3) is 11.1 Å². The Morgan fingerprint density at radius 3 is 2.59 bits per heavy atom. The van der Waals surface area contributed by atoms with Gasteiger partial charge in [-0.15, -0.1) is 0 Å². The minimum Gasteiger partial charge on any atom is -0.487 e. The topological polar surface area (TPSA) is 50.5 Å². The first kappa shape index (κ1) is 16.9. The highest BCUT2D eigenvalue weighted by Gasteiger charge is 2.19. The van der Waals surface area contributed by atoms with Gasteiger partial charge < -0.3 is 19.4 Å². The third-order valence-electron chi connectivity index (χ3n) is 3.16. The highest BCUT2D eigenvalue weighted by atomic mass is 35.5. The number of rotatable bonds is 3. The molecule has 0 saturated carbocycles. The van der Waals surface area contributed by atoms with Gasteiger partial charge in [0.05, 0.1) is 6.10 Å². The molecule has 1 aliphatic rings. The predicted octanol–water partition coefficient (Wildman–Crippen LogP) is 3.70. The number of hydrogen-bond donors (Lipinski definition) is 1. The maximum Gasteiger partial charge on any atom is 0.298 e. The molecule has 0 bridgehead atoms. The fourth-order valence-electron chi connectivity index (χ4n) is 2.29. The van der Waals surface area contributed by atoms with Crippen molar-refractivity contribution >= 4 is 28.7 Å². The number of nitrogens with zero attached hydrogens (tertiary/aromatic N) is 2. The molecule has 6 heteroatoms. The summed E-state index contributed by atoms with van der Waals surface area (Å²) < 4.78 is 11.7. The second-order valence-electron chi connectivity index (χ2n) is 5.15. The molecule has 22 heavy (non-hydrogen) atoms. The molecule has 0 amide bonds. The summed E-state index contributed by atoms with van der Waals surface area (Å²) in [6.07, 6.45) is 0.0596. The average molecular weight is 326 g/mol. The first-order chi connectivity index (χ1) is 10.6. The molecule has 1 aliphatic heterocycles. The van der Waals surface area contributed by atoms with Crippen LogP contribution in [0.3, 0.4) is 0 Å². The summed E-state index contributed by atoms with van der Waals surface area (Å²) in [6.45, 7) is 11.6. The molecule has 1 saturated heterocycles. The second-order valence-corrected chi connectivity index (χ2v) is 5.59. The van der Waals surface area contributed by atoms with E-state index in [4.69, 9.17) is 20.8 Å². The third-order valence-corrected chi connectivity index (χ3v) is 3.38. The van der Waals surface area contributed by atoms with Gasteiger partial charge in [-0.3, -0.25) is 0 Å². The largest absolute Gasteiger partial charge is 0.487 e. The zero-order chi connectivity index (χ0) is 16.1. The van der Waals surface area contributed by atoms with Gasteiger partial charge >= 0.3 is 0 Å². The molecule has 0 atom stereocenters. The van der Waals surface area contributed by atoms with E-state index in [1.165, 1.54) is 0 Å². The highest BCUT2D eigenvalue weighted by Crippen LogP contribution is 2.33. The van der Waals surface area contributed by atoms with E-state index in [1.54, 1.807) is 12.1 Å². The molecule has 0 aliphatic carbocycles. The predicted molar refractivity (Wildman–Crippen MR) is 91.2 cm³/mol. The van der Waals surface area contributed by atoms with Gasteiger partial charge in [-0.25, -0.2) is 0 Å². The number of benzene rings is 1. The van der Waals surface area contributed by atoms with Crippen LogP contribution in [0, 0.1) is 0 Å². The van der Waals surface area contributed by atoms with Crippen molar-refractivity contribution in [2.24, 2.45) is 0 Å². The fraction of sp³-hybridized carbons (Fsp3) is 0.562. The van der Waals surface area contributed by atoms with Crippen LogP contribution in [-0.2, 0) is 0 Å². The lowest BCUT2D eigenvalue weighted by atomic mass is 10.3.